The van der Waals surface area contributed by atoms with Gasteiger partial charge in [0.2, 0.25) is 0 Å². The molecule has 14 heavy (non-hydrogen) atoms. The first-order chi connectivity index (χ1) is 6.48. The van der Waals surface area contributed by atoms with E-state index in [0.717, 1.165) is 0 Å². The van der Waals surface area contributed by atoms with Crippen molar-refractivity contribution < 1.29 is 14.6 Å². The second-order valence-corrected chi connectivity index (χ2v) is 3.51. The number of ether oxygens (including phenoxy) is 1. The Balaban J connectivity index is 3.09. The lowest BCUT2D eigenvalue weighted by molar-refractivity contribution is -0.161. The van der Waals surface area contributed by atoms with Crippen molar-refractivity contribution in [3.8, 4) is 0 Å². The molecule has 0 amide bonds. The molecule has 0 radical (unpaired) electrons. The van der Waals surface area contributed by atoms with Crippen LogP contribution in [0.1, 0.15) is 12.5 Å². The number of esters is 1. The van der Waals surface area contributed by atoms with Crippen molar-refractivity contribution in [1.82, 2.24) is 0 Å². The number of halogens is 1. The zero-order valence-corrected chi connectivity index (χ0v) is 8.71. The average molecular weight is 215 g/mol. The maximum absolute atomic E-state index is 11.2. The number of carbonyl (C=O) groups excluding carboxylic acids is 1. The molecule has 1 rings (SSSR count). The maximum atomic E-state index is 11.2. The van der Waals surface area contributed by atoms with Gasteiger partial charge in [-0.15, -0.1) is 0 Å². The largest absolute Gasteiger partial charge is 0.467 e. The highest BCUT2D eigenvalue weighted by atomic mass is 35.5. The summed E-state index contributed by atoms with van der Waals surface area (Å²) in [5.74, 6) is -0.709. The minimum Gasteiger partial charge on any atom is -0.467 e. The van der Waals surface area contributed by atoms with Crippen molar-refractivity contribution in [2.45, 2.75) is 12.5 Å². The molecule has 0 aliphatic carbocycles. The van der Waals surface area contributed by atoms with Crippen LogP contribution in [0.4, 0.5) is 0 Å². The van der Waals surface area contributed by atoms with E-state index in [0.29, 0.717) is 10.6 Å². The number of methoxy groups -OCH3 is 1. The van der Waals surface area contributed by atoms with E-state index in [1.807, 2.05) is 0 Å². The minimum absolute atomic E-state index is 0.414. The zero-order valence-electron chi connectivity index (χ0n) is 7.95. The van der Waals surface area contributed by atoms with Gasteiger partial charge in [-0.25, -0.2) is 4.79 Å². The molecule has 76 valence electrons. The Labute approximate surface area is 87.3 Å². The Morgan fingerprint density at radius 2 is 2.21 bits per heavy atom. The van der Waals surface area contributed by atoms with Crippen molar-refractivity contribution in [3.63, 3.8) is 0 Å². The van der Waals surface area contributed by atoms with Gasteiger partial charge in [0.05, 0.1) is 7.11 Å². The monoisotopic (exact) mass is 214 g/mol. The van der Waals surface area contributed by atoms with Gasteiger partial charge < -0.3 is 9.84 Å². The van der Waals surface area contributed by atoms with E-state index in [2.05, 4.69) is 4.74 Å². The van der Waals surface area contributed by atoms with Crippen molar-refractivity contribution in [3.05, 3.63) is 34.9 Å². The lowest BCUT2D eigenvalue weighted by Crippen LogP contribution is -2.33. The molecule has 4 heteroatoms. The van der Waals surface area contributed by atoms with Crippen LogP contribution in [-0.2, 0) is 15.1 Å². The summed E-state index contributed by atoms with van der Waals surface area (Å²) in [6, 6.07) is 6.47. The maximum Gasteiger partial charge on any atom is 0.342 e. The van der Waals surface area contributed by atoms with Crippen LogP contribution >= 0.6 is 11.6 Å². The fourth-order valence-electron chi connectivity index (χ4n) is 1.11. The number of carbonyl (C=O) groups is 1. The first-order valence-corrected chi connectivity index (χ1v) is 4.43. The molecule has 0 aromatic heterocycles. The Morgan fingerprint density at radius 3 is 2.71 bits per heavy atom. The third-order valence-corrected chi connectivity index (χ3v) is 2.20. The molecule has 0 spiro atoms. The van der Waals surface area contributed by atoms with Crippen molar-refractivity contribution >= 4 is 17.6 Å². The van der Waals surface area contributed by atoms with E-state index in [4.69, 9.17) is 11.6 Å². The Bertz CT molecular complexity index is 347. The van der Waals surface area contributed by atoms with Crippen molar-refractivity contribution in [2.75, 3.05) is 7.11 Å². The number of rotatable bonds is 2. The molecule has 0 saturated carbocycles. The average Bonchev–Trinajstić information content (AvgIpc) is 2.16. The highest BCUT2D eigenvalue weighted by Gasteiger charge is 2.33. The summed E-state index contributed by atoms with van der Waals surface area (Å²) in [7, 11) is 1.22. The van der Waals surface area contributed by atoms with Gasteiger partial charge in [0.1, 0.15) is 0 Å². The summed E-state index contributed by atoms with van der Waals surface area (Å²) in [5, 5.41) is 10.3. The summed E-state index contributed by atoms with van der Waals surface area (Å²) < 4.78 is 4.48. The van der Waals surface area contributed by atoms with Crippen LogP contribution in [0.15, 0.2) is 24.3 Å². The molecule has 0 fully saturated rings. The van der Waals surface area contributed by atoms with Gasteiger partial charge in [0, 0.05) is 5.02 Å². The topological polar surface area (TPSA) is 46.5 Å². The normalized spacial score (nSPS) is 14.6. The predicted octanol–water partition coefficient (Wildman–Crippen LogP) is 1.72. The van der Waals surface area contributed by atoms with Gasteiger partial charge >= 0.3 is 5.97 Å². The number of hydrogen-bond acceptors (Lipinski definition) is 3. The van der Waals surface area contributed by atoms with Crippen LogP contribution in [0.3, 0.4) is 0 Å². The minimum atomic E-state index is -1.65. The standard InChI is InChI=1S/C10H11ClO3/c1-10(13,9(12)14-2)7-4-3-5-8(11)6-7/h3-6,13H,1-2H3. The quantitative estimate of drug-likeness (QED) is 0.763. The predicted molar refractivity (Wildman–Crippen MR) is 53.0 cm³/mol. The molecule has 1 unspecified atom stereocenters. The van der Waals surface area contributed by atoms with Crippen molar-refractivity contribution in [2.24, 2.45) is 0 Å². The second kappa shape index (κ2) is 3.98. The summed E-state index contributed by atoms with van der Waals surface area (Å²) in [4.78, 5) is 11.2. The van der Waals surface area contributed by atoms with Gasteiger partial charge in [-0.3, -0.25) is 0 Å². The Kier molecular flexibility index (Phi) is 3.13. The highest BCUT2D eigenvalue weighted by Crippen LogP contribution is 2.24. The van der Waals surface area contributed by atoms with Crippen LogP contribution in [0.2, 0.25) is 5.02 Å². The fourth-order valence-corrected chi connectivity index (χ4v) is 1.30. The molecule has 0 saturated heterocycles. The molecule has 1 aromatic rings. The van der Waals surface area contributed by atoms with E-state index < -0.39 is 11.6 Å². The summed E-state index contributed by atoms with van der Waals surface area (Å²) in [6.07, 6.45) is 0. The molecule has 1 atom stereocenters. The van der Waals surface area contributed by atoms with Gasteiger partial charge in [-0.1, -0.05) is 23.7 Å². The number of hydrogen-bond donors (Lipinski definition) is 1. The molecule has 1 N–H and O–H groups in total. The van der Waals surface area contributed by atoms with Crippen LogP contribution in [0, 0.1) is 0 Å². The van der Waals surface area contributed by atoms with Crippen LogP contribution in [0.5, 0.6) is 0 Å². The van der Waals surface area contributed by atoms with E-state index in [9.17, 15) is 9.90 Å². The lowest BCUT2D eigenvalue weighted by atomic mass is 9.96. The Hall–Kier alpha value is -1.06. The van der Waals surface area contributed by atoms with Crippen molar-refractivity contribution in [1.29, 1.82) is 0 Å². The second-order valence-electron chi connectivity index (χ2n) is 3.07. The van der Waals surface area contributed by atoms with Crippen LogP contribution < -0.4 is 0 Å². The van der Waals surface area contributed by atoms with Gasteiger partial charge in [0.25, 0.3) is 0 Å². The molecule has 3 nitrogen and oxygen atoms in total. The van der Waals surface area contributed by atoms with Gasteiger partial charge in [-0.05, 0) is 24.6 Å². The molecule has 0 bridgehead atoms. The van der Waals surface area contributed by atoms with E-state index in [1.54, 1.807) is 18.2 Å². The van der Waals surface area contributed by atoms with E-state index in [-0.39, 0.29) is 0 Å². The fraction of sp³-hybridized carbons (Fsp3) is 0.300. The van der Waals surface area contributed by atoms with Gasteiger partial charge in [-0.2, -0.15) is 0 Å². The van der Waals surface area contributed by atoms with Gasteiger partial charge in [0.15, 0.2) is 5.60 Å². The SMILES string of the molecule is COC(=O)C(C)(O)c1cccc(Cl)c1. The third kappa shape index (κ3) is 2.05. The first-order valence-electron chi connectivity index (χ1n) is 4.05. The number of benzene rings is 1. The molecular formula is C10H11ClO3. The molecule has 1 aromatic carbocycles. The molecule has 0 heterocycles. The molecule has 0 aliphatic rings. The lowest BCUT2D eigenvalue weighted by Gasteiger charge is -2.20. The smallest absolute Gasteiger partial charge is 0.342 e. The molecule has 0 aliphatic heterocycles. The number of aliphatic hydroxyl groups is 1. The van der Waals surface area contributed by atoms with E-state index in [1.165, 1.54) is 20.1 Å². The summed E-state index contributed by atoms with van der Waals surface area (Å²) >= 11 is 5.74. The highest BCUT2D eigenvalue weighted by molar-refractivity contribution is 6.30. The first kappa shape index (κ1) is 11.0. The Morgan fingerprint density at radius 1 is 1.57 bits per heavy atom. The summed E-state index contributed by atoms with van der Waals surface area (Å²) in [5.41, 5.74) is -1.24. The molecular weight excluding hydrogens is 204 g/mol. The van der Waals surface area contributed by atoms with E-state index >= 15 is 0 Å². The zero-order chi connectivity index (χ0) is 10.8. The summed E-state index contributed by atoms with van der Waals surface area (Å²) in [6.45, 7) is 1.37. The van der Waals surface area contributed by atoms with Crippen LogP contribution in [-0.4, -0.2) is 18.2 Å². The third-order valence-electron chi connectivity index (χ3n) is 1.97. The van der Waals surface area contributed by atoms with Crippen LogP contribution in [0.25, 0.3) is 0 Å².